The predicted molar refractivity (Wildman–Crippen MR) is 44.2 cm³/mol. The van der Waals surface area contributed by atoms with Crippen molar-refractivity contribution in [2.24, 2.45) is 0 Å². The molecule has 0 aromatic rings. The largest absolute Gasteiger partial charge is 0.335 e. The van der Waals surface area contributed by atoms with Gasteiger partial charge in [0.25, 0.3) is 0 Å². The summed E-state index contributed by atoms with van der Waals surface area (Å²) in [6, 6.07) is -0.497. The summed E-state index contributed by atoms with van der Waals surface area (Å²) in [5.41, 5.74) is 0. The molecule has 0 bridgehead atoms. The Hall–Kier alpha value is -0.780. The molecule has 0 aromatic heterocycles. The van der Waals surface area contributed by atoms with Gasteiger partial charge in [-0.25, -0.2) is 17.5 Å². The lowest BCUT2D eigenvalue weighted by Crippen LogP contribution is -2.35. The Balaban J connectivity index is 2.74. The van der Waals surface area contributed by atoms with Crippen molar-refractivity contribution in [3.05, 3.63) is 0 Å². The summed E-state index contributed by atoms with van der Waals surface area (Å²) >= 11 is 0. The molecule has 12 heavy (non-hydrogen) atoms. The van der Waals surface area contributed by atoms with E-state index in [9.17, 15) is 13.2 Å². The van der Waals surface area contributed by atoms with Crippen LogP contribution < -0.4 is 5.32 Å². The van der Waals surface area contributed by atoms with Crippen molar-refractivity contribution in [3.8, 4) is 0 Å². The monoisotopic (exact) mass is 192 g/mol. The van der Waals surface area contributed by atoms with E-state index in [1.807, 2.05) is 0 Å². The lowest BCUT2D eigenvalue weighted by atomic mass is 10.6. The lowest BCUT2D eigenvalue weighted by Gasteiger charge is -2.13. The van der Waals surface area contributed by atoms with E-state index in [-0.39, 0.29) is 12.3 Å². The maximum atomic E-state index is 11.3. The van der Waals surface area contributed by atoms with Crippen LogP contribution >= 0.6 is 0 Å². The quantitative estimate of drug-likeness (QED) is 0.670. The first kappa shape index (κ1) is 9.31. The normalized spacial score (nSPS) is 18.1. The van der Waals surface area contributed by atoms with Crippen LogP contribution in [-0.2, 0) is 10.0 Å². The fourth-order valence-corrected chi connectivity index (χ4v) is 2.51. The second-order valence-corrected chi connectivity index (χ2v) is 4.63. The molecule has 0 aromatic carbocycles. The number of nitrogens with one attached hydrogen (secondary N) is 1. The highest BCUT2D eigenvalue weighted by Gasteiger charge is 2.30. The van der Waals surface area contributed by atoms with Crippen LogP contribution in [0.1, 0.15) is 13.3 Å². The van der Waals surface area contributed by atoms with Gasteiger partial charge in [0.15, 0.2) is 0 Å². The fraction of sp³-hybridized carbons (Fsp3) is 0.833. The third-order valence-corrected chi connectivity index (χ3v) is 3.56. The van der Waals surface area contributed by atoms with Crippen LogP contribution in [0.25, 0.3) is 0 Å². The molecule has 5 nitrogen and oxygen atoms in total. The molecule has 6 heteroatoms. The van der Waals surface area contributed by atoms with Gasteiger partial charge in [-0.3, -0.25) is 0 Å². The number of hydrogen-bond acceptors (Lipinski definition) is 3. The first-order valence-corrected chi connectivity index (χ1v) is 5.47. The third-order valence-electron chi connectivity index (χ3n) is 1.62. The SMILES string of the molecule is CCCS(=O)(=O)N1CCNC1=O. The van der Waals surface area contributed by atoms with Gasteiger partial charge >= 0.3 is 6.03 Å². The van der Waals surface area contributed by atoms with E-state index in [4.69, 9.17) is 0 Å². The van der Waals surface area contributed by atoms with Gasteiger partial charge in [0.05, 0.1) is 12.3 Å². The molecule has 1 heterocycles. The van der Waals surface area contributed by atoms with Gasteiger partial charge in [0.1, 0.15) is 0 Å². The summed E-state index contributed by atoms with van der Waals surface area (Å²) in [5, 5.41) is 2.44. The predicted octanol–water partition coefficient (Wildman–Crippen LogP) is -0.249. The zero-order valence-electron chi connectivity index (χ0n) is 6.91. The lowest BCUT2D eigenvalue weighted by molar-refractivity contribution is 0.236. The first-order valence-electron chi connectivity index (χ1n) is 3.86. The number of carbonyl (C=O) groups is 1. The molecule has 2 amide bonds. The summed E-state index contributed by atoms with van der Waals surface area (Å²) in [4.78, 5) is 10.9. The van der Waals surface area contributed by atoms with Gasteiger partial charge in [-0.15, -0.1) is 0 Å². The number of rotatable bonds is 3. The Labute approximate surface area is 71.8 Å². The van der Waals surface area contributed by atoms with Crippen LogP contribution in [0.2, 0.25) is 0 Å². The molecule has 0 atom stereocenters. The average molecular weight is 192 g/mol. The standard InChI is InChI=1S/C6H12N2O3S/c1-2-5-12(10,11)8-4-3-7-6(8)9/h2-5H2,1H3,(H,7,9). The number of hydrogen-bond donors (Lipinski definition) is 1. The molecule has 1 aliphatic rings. The summed E-state index contributed by atoms with van der Waals surface area (Å²) in [5.74, 6) is 0.0421. The average Bonchev–Trinajstić information content (AvgIpc) is 2.35. The van der Waals surface area contributed by atoms with Crippen molar-refractivity contribution in [1.29, 1.82) is 0 Å². The van der Waals surface area contributed by atoms with Crippen LogP contribution in [0.15, 0.2) is 0 Å². The Bertz CT molecular complexity index is 273. The smallest absolute Gasteiger partial charge is 0.331 e. The summed E-state index contributed by atoms with van der Waals surface area (Å²) in [6.07, 6.45) is 0.534. The van der Waals surface area contributed by atoms with Gasteiger partial charge in [-0.2, -0.15) is 0 Å². The van der Waals surface area contributed by atoms with Crippen molar-refractivity contribution in [1.82, 2.24) is 9.62 Å². The molecular formula is C6H12N2O3S. The molecule has 1 saturated heterocycles. The molecule has 1 rings (SSSR count). The van der Waals surface area contributed by atoms with E-state index in [0.717, 1.165) is 4.31 Å². The Morgan fingerprint density at radius 1 is 1.58 bits per heavy atom. The van der Waals surface area contributed by atoms with Crippen LogP contribution in [0.5, 0.6) is 0 Å². The van der Waals surface area contributed by atoms with E-state index >= 15 is 0 Å². The number of urea groups is 1. The second-order valence-electron chi connectivity index (χ2n) is 2.62. The molecule has 70 valence electrons. The molecule has 0 spiro atoms. The molecule has 1 N–H and O–H groups in total. The molecule has 0 radical (unpaired) electrons. The Morgan fingerprint density at radius 2 is 2.25 bits per heavy atom. The highest BCUT2D eigenvalue weighted by molar-refractivity contribution is 7.89. The van der Waals surface area contributed by atoms with Crippen LogP contribution in [0.4, 0.5) is 4.79 Å². The number of carbonyl (C=O) groups excluding carboxylic acids is 1. The Kier molecular flexibility index (Phi) is 2.56. The Morgan fingerprint density at radius 3 is 2.67 bits per heavy atom. The van der Waals surface area contributed by atoms with E-state index in [1.54, 1.807) is 6.92 Å². The highest BCUT2D eigenvalue weighted by atomic mass is 32.2. The topological polar surface area (TPSA) is 66.5 Å². The van der Waals surface area contributed by atoms with Gasteiger partial charge in [0.2, 0.25) is 10.0 Å². The number of amides is 2. The molecule has 1 fully saturated rings. The highest BCUT2D eigenvalue weighted by Crippen LogP contribution is 2.06. The van der Waals surface area contributed by atoms with Crippen molar-refractivity contribution < 1.29 is 13.2 Å². The number of sulfonamides is 1. The van der Waals surface area contributed by atoms with Gasteiger partial charge < -0.3 is 5.32 Å². The zero-order chi connectivity index (χ0) is 9.19. The van der Waals surface area contributed by atoms with Crippen molar-refractivity contribution in [3.63, 3.8) is 0 Å². The maximum Gasteiger partial charge on any atom is 0.331 e. The zero-order valence-corrected chi connectivity index (χ0v) is 7.73. The molecular weight excluding hydrogens is 180 g/mol. The van der Waals surface area contributed by atoms with E-state index in [0.29, 0.717) is 13.0 Å². The summed E-state index contributed by atoms with van der Waals surface area (Å²) in [7, 11) is -3.34. The van der Waals surface area contributed by atoms with Crippen molar-refractivity contribution in [2.45, 2.75) is 13.3 Å². The molecule has 0 unspecified atom stereocenters. The van der Waals surface area contributed by atoms with Crippen LogP contribution in [0, 0.1) is 0 Å². The van der Waals surface area contributed by atoms with Crippen molar-refractivity contribution in [2.75, 3.05) is 18.8 Å². The summed E-state index contributed by atoms with van der Waals surface area (Å²) < 4.78 is 23.5. The van der Waals surface area contributed by atoms with Crippen LogP contribution in [0.3, 0.4) is 0 Å². The molecule has 0 saturated carbocycles. The van der Waals surface area contributed by atoms with E-state index in [1.165, 1.54) is 0 Å². The number of nitrogens with zero attached hydrogens (tertiary/aromatic N) is 1. The van der Waals surface area contributed by atoms with Crippen molar-refractivity contribution >= 4 is 16.1 Å². The second kappa shape index (κ2) is 3.30. The minimum atomic E-state index is -3.34. The first-order chi connectivity index (χ1) is 5.58. The van der Waals surface area contributed by atoms with Crippen LogP contribution in [-0.4, -0.2) is 37.6 Å². The minimum absolute atomic E-state index is 0.0421. The maximum absolute atomic E-state index is 11.3. The minimum Gasteiger partial charge on any atom is -0.335 e. The molecule has 1 aliphatic heterocycles. The van der Waals surface area contributed by atoms with Gasteiger partial charge in [-0.05, 0) is 6.42 Å². The third kappa shape index (κ3) is 1.69. The fourth-order valence-electron chi connectivity index (χ4n) is 1.09. The van der Waals surface area contributed by atoms with Gasteiger partial charge in [0, 0.05) is 6.54 Å². The molecule has 0 aliphatic carbocycles. The van der Waals surface area contributed by atoms with E-state index in [2.05, 4.69) is 5.32 Å². The van der Waals surface area contributed by atoms with E-state index < -0.39 is 16.1 Å². The summed E-state index contributed by atoms with van der Waals surface area (Å²) in [6.45, 7) is 2.45. The van der Waals surface area contributed by atoms with Gasteiger partial charge in [-0.1, -0.05) is 6.92 Å².